The second kappa shape index (κ2) is 5.01. The molecule has 0 amide bonds. The minimum Gasteiger partial charge on any atom is -0.300 e. The maximum atomic E-state index is 13.3. The van der Waals surface area contributed by atoms with Crippen molar-refractivity contribution < 1.29 is 13.6 Å². The predicted molar refractivity (Wildman–Crippen MR) is 54.5 cm³/mol. The molecule has 15 heavy (non-hydrogen) atoms. The second-order valence-corrected chi connectivity index (χ2v) is 3.66. The minimum absolute atomic E-state index is 0.0150. The topological polar surface area (TPSA) is 17.1 Å². The van der Waals surface area contributed by atoms with Gasteiger partial charge in [0.1, 0.15) is 17.4 Å². The van der Waals surface area contributed by atoms with E-state index in [0.717, 1.165) is 18.2 Å². The molecule has 0 fully saturated rings. The third-order valence-corrected chi connectivity index (χ3v) is 2.54. The first-order valence-electron chi connectivity index (χ1n) is 4.99. The number of halogens is 2. The van der Waals surface area contributed by atoms with Crippen LogP contribution in [0, 0.1) is 17.6 Å². The van der Waals surface area contributed by atoms with Crippen LogP contribution in [0.2, 0.25) is 0 Å². The van der Waals surface area contributed by atoms with Crippen LogP contribution >= 0.6 is 0 Å². The standard InChI is InChI=1S/C12H14F2O/c1-3-9(8(2)15)6-10-7-11(13)4-5-12(10)14/h4-5,7,9H,3,6H2,1-2H3. The van der Waals surface area contributed by atoms with Crippen molar-refractivity contribution >= 4 is 5.78 Å². The van der Waals surface area contributed by atoms with Crippen molar-refractivity contribution in [1.82, 2.24) is 0 Å². The average molecular weight is 212 g/mol. The van der Waals surface area contributed by atoms with E-state index < -0.39 is 11.6 Å². The lowest BCUT2D eigenvalue weighted by Gasteiger charge is -2.11. The van der Waals surface area contributed by atoms with Gasteiger partial charge in [-0.25, -0.2) is 8.78 Å². The van der Waals surface area contributed by atoms with Crippen LogP contribution in [0.3, 0.4) is 0 Å². The van der Waals surface area contributed by atoms with Crippen LogP contribution in [0.15, 0.2) is 18.2 Å². The minimum atomic E-state index is -0.468. The average Bonchev–Trinajstić information content (AvgIpc) is 2.18. The highest BCUT2D eigenvalue weighted by atomic mass is 19.1. The van der Waals surface area contributed by atoms with Crippen molar-refractivity contribution in [3.63, 3.8) is 0 Å². The Hall–Kier alpha value is -1.25. The van der Waals surface area contributed by atoms with Gasteiger partial charge in [0.25, 0.3) is 0 Å². The van der Waals surface area contributed by atoms with E-state index >= 15 is 0 Å². The predicted octanol–water partition coefficient (Wildman–Crippen LogP) is 3.12. The summed E-state index contributed by atoms with van der Waals surface area (Å²) in [6.07, 6.45) is 0.917. The number of hydrogen-bond donors (Lipinski definition) is 0. The summed E-state index contributed by atoms with van der Waals surface area (Å²) in [5, 5.41) is 0. The fourth-order valence-electron chi connectivity index (χ4n) is 1.54. The lowest BCUT2D eigenvalue weighted by atomic mass is 9.93. The van der Waals surface area contributed by atoms with E-state index in [4.69, 9.17) is 0 Å². The van der Waals surface area contributed by atoms with Crippen molar-refractivity contribution in [3.8, 4) is 0 Å². The normalized spacial score (nSPS) is 12.5. The molecule has 0 bridgehead atoms. The summed E-state index contributed by atoms with van der Waals surface area (Å²) in [6, 6.07) is 3.33. The van der Waals surface area contributed by atoms with Crippen LogP contribution in [0.25, 0.3) is 0 Å². The summed E-state index contributed by atoms with van der Waals surface area (Å²) < 4.78 is 26.1. The molecule has 0 aliphatic heterocycles. The van der Waals surface area contributed by atoms with Crippen molar-refractivity contribution in [3.05, 3.63) is 35.4 Å². The van der Waals surface area contributed by atoms with Gasteiger partial charge in [-0.3, -0.25) is 4.79 Å². The Kier molecular flexibility index (Phi) is 3.95. The number of ketones is 1. The first-order valence-corrected chi connectivity index (χ1v) is 4.99. The Morgan fingerprint density at radius 2 is 2.07 bits per heavy atom. The first-order chi connectivity index (χ1) is 7.04. The van der Waals surface area contributed by atoms with Gasteiger partial charge in [-0.05, 0) is 43.5 Å². The molecule has 0 spiro atoms. The van der Waals surface area contributed by atoms with Gasteiger partial charge in [0.05, 0.1) is 0 Å². The Morgan fingerprint density at radius 1 is 1.40 bits per heavy atom. The lowest BCUT2D eigenvalue weighted by molar-refractivity contribution is -0.120. The van der Waals surface area contributed by atoms with Gasteiger partial charge >= 0.3 is 0 Å². The largest absolute Gasteiger partial charge is 0.300 e. The van der Waals surface area contributed by atoms with E-state index in [2.05, 4.69) is 0 Å². The number of carbonyl (C=O) groups is 1. The summed E-state index contributed by atoms with van der Waals surface area (Å²) in [7, 11) is 0. The Balaban J connectivity index is 2.87. The number of Topliss-reactive ketones (excluding diaryl/α,β-unsaturated/α-hetero) is 1. The van der Waals surface area contributed by atoms with Crippen molar-refractivity contribution in [1.29, 1.82) is 0 Å². The number of benzene rings is 1. The third-order valence-electron chi connectivity index (χ3n) is 2.54. The van der Waals surface area contributed by atoms with Crippen LogP contribution in [0.1, 0.15) is 25.8 Å². The SMILES string of the molecule is CCC(Cc1cc(F)ccc1F)C(C)=O. The molecule has 0 aliphatic carbocycles. The highest BCUT2D eigenvalue weighted by Crippen LogP contribution is 2.17. The van der Waals surface area contributed by atoms with Gasteiger partial charge < -0.3 is 0 Å². The molecule has 0 saturated carbocycles. The molecule has 1 atom stereocenters. The van der Waals surface area contributed by atoms with Crippen LogP contribution in [-0.2, 0) is 11.2 Å². The Labute approximate surface area is 88.1 Å². The zero-order valence-corrected chi connectivity index (χ0v) is 8.89. The molecule has 0 aromatic heterocycles. The molecule has 1 nitrogen and oxygen atoms in total. The molecule has 0 radical (unpaired) electrons. The number of carbonyl (C=O) groups excluding carboxylic acids is 1. The molecule has 1 unspecified atom stereocenters. The van der Waals surface area contributed by atoms with E-state index in [-0.39, 0.29) is 23.7 Å². The summed E-state index contributed by atoms with van der Waals surface area (Å²) in [4.78, 5) is 11.2. The summed E-state index contributed by atoms with van der Waals surface area (Å²) in [6.45, 7) is 3.34. The van der Waals surface area contributed by atoms with E-state index in [1.54, 1.807) is 0 Å². The molecule has 0 aliphatic rings. The van der Waals surface area contributed by atoms with Crippen LogP contribution < -0.4 is 0 Å². The highest BCUT2D eigenvalue weighted by molar-refractivity contribution is 5.78. The van der Waals surface area contributed by atoms with Gasteiger partial charge in [0.2, 0.25) is 0 Å². The maximum absolute atomic E-state index is 13.3. The fourth-order valence-corrected chi connectivity index (χ4v) is 1.54. The van der Waals surface area contributed by atoms with E-state index in [0.29, 0.717) is 6.42 Å². The molecule has 1 rings (SSSR count). The van der Waals surface area contributed by atoms with Crippen molar-refractivity contribution in [2.45, 2.75) is 26.7 Å². The van der Waals surface area contributed by atoms with Crippen LogP contribution in [0.5, 0.6) is 0 Å². The molecule has 0 N–H and O–H groups in total. The third kappa shape index (κ3) is 3.11. The summed E-state index contributed by atoms with van der Waals surface area (Å²) >= 11 is 0. The number of hydrogen-bond acceptors (Lipinski definition) is 1. The van der Waals surface area contributed by atoms with Gasteiger partial charge in [0, 0.05) is 5.92 Å². The fraction of sp³-hybridized carbons (Fsp3) is 0.417. The molecule has 0 saturated heterocycles. The van der Waals surface area contributed by atoms with Gasteiger partial charge in [-0.2, -0.15) is 0 Å². The molecular weight excluding hydrogens is 198 g/mol. The van der Waals surface area contributed by atoms with Gasteiger partial charge in [0.15, 0.2) is 0 Å². The zero-order chi connectivity index (χ0) is 11.4. The molecule has 3 heteroatoms. The Morgan fingerprint density at radius 3 is 2.60 bits per heavy atom. The highest BCUT2D eigenvalue weighted by Gasteiger charge is 2.15. The lowest BCUT2D eigenvalue weighted by Crippen LogP contribution is -2.13. The molecule has 1 aromatic rings. The quantitative estimate of drug-likeness (QED) is 0.749. The molecule has 82 valence electrons. The van der Waals surface area contributed by atoms with Crippen molar-refractivity contribution in [2.75, 3.05) is 0 Å². The van der Waals surface area contributed by atoms with Gasteiger partial charge in [-0.15, -0.1) is 0 Å². The monoisotopic (exact) mass is 212 g/mol. The zero-order valence-electron chi connectivity index (χ0n) is 8.89. The summed E-state index contributed by atoms with van der Waals surface area (Å²) in [5.41, 5.74) is 0.275. The Bertz CT molecular complexity index is 361. The molecule has 1 aromatic carbocycles. The van der Waals surface area contributed by atoms with E-state index in [1.165, 1.54) is 6.92 Å². The molecule has 0 heterocycles. The van der Waals surface area contributed by atoms with Crippen LogP contribution in [0.4, 0.5) is 8.78 Å². The smallest absolute Gasteiger partial charge is 0.133 e. The van der Waals surface area contributed by atoms with Gasteiger partial charge in [-0.1, -0.05) is 6.92 Å². The van der Waals surface area contributed by atoms with E-state index in [9.17, 15) is 13.6 Å². The maximum Gasteiger partial charge on any atom is 0.133 e. The number of rotatable bonds is 4. The summed E-state index contributed by atoms with van der Waals surface area (Å²) in [5.74, 6) is -1.12. The van der Waals surface area contributed by atoms with Crippen LogP contribution in [-0.4, -0.2) is 5.78 Å². The van der Waals surface area contributed by atoms with Crippen molar-refractivity contribution in [2.24, 2.45) is 5.92 Å². The molecular formula is C12H14F2O. The van der Waals surface area contributed by atoms with E-state index in [1.807, 2.05) is 6.92 Å². The second-order valence-electron chi connectivity index (χ2n) is 3.66. The first kappa shape index (κ1) is 11.8.